The van der Waals surface area contributed by atoms with E-state index in [2.05, 4.69) is 15.9 Å². The lowest BCUT2D eigenvalue weighted by Gasteiger charge is -2.31. The predicted molar refractivity (Wildman–Crippen MR) is 59.1 cm³/mol. The zero-order valence-corrected chi connectivity index (χ0v) is 9.63. The smallest absolute Gasteiger partial charge is 0.169 e. The van der Waals surface area contributed by atoms with Crippen LogP contribution in [0.1, 0.15) is 23.2 Å². The summed E-state index contributed by atoms with van der Waals surface area (Å²) in [6, 6.07) is 4.52. The van der Waals surface area contributed by atoms with Crippen molar-refractivity contribution in [1.82, 2.24) is 0 Å². The maximum atomic E-state index is 13.4. The molecule has 0 aromatic heterocycles. The average Bonchev–Trinajstić information content (AvgIpc) is 2.16. The van der Waals surface area contributed by atoms with E-state index >= 15 is 0 Å². The molecule has 0 amide bonds. The van der Waals surface area contributed by atoms with Crippen molar-refractivity contribution < 1.29 is 9.18 Å². The van der Waals surface area contributed by atoms with E-state index in [0.29, 0.717) is 12.8 Å². The maximum absolute atomic E-state index is 13.4. The molecule has 4 heteroatoms. The third kappa shape index (κ3) is 2.11. The van der Waals surface area contributed by atoms with Crippen molar-refractivity contribution in [3.8, 4) is 0 Å². The van der Waals surface area contributed by atoms with Gasteiger partial charge in [0.25, 0.3) is 0 Å². The van der Waals surface area contributed by atoms with Gasteiger partial charge in [-0.2, -0.15) is 0 Å². The second-order valence-corrected chi connectivity index (χ2v) is 4.83. The Kier molecular flexibility index (Phi) is 2.89. The Bertz CT molecular complexity index is 402. The molecule has 2 nitrogen and oxygen atoms in total. The van der Waals surface area contributed by atoms with Crippen LogP contribution in [0.15, 0.2) is 22.7 Å². The first-order valence-electron chi connectivity index (χ1n) is 4.83. The van der Waals surface area contributed by atoms with Gasteiger partial charge < -0.3 is 5.73 Å². The van der Waals surface area contributed by atoms with Gasteiger partial charge in [-0.15, -0.1) is 0 Å². The molecular weight excluding hydrogens is 261 g/mol. The third-order valence-electron chi connectivity index (χ3n) is 2.74. The standard InChI is InChI=1S/C11H11BrFNO/c12-7-1-2-10(13)9(5-7)11(15)6-3-8(14)4-6/h1-2,5-6,8H,3-4,14H2. The number of rotatable bonds is 2. The van der Waals surface area contributed by atoms with Gasteiger partial charge in [-0.05, 0) is 31.0 Å². The molecule has 1 saturated carbocycles. The molecule has 1 aromatic rings. The van der Waals surface area contributed by atoms with Gasteiger partial charge in [0.15, 0.2) is 5.78 Å². The summed E-state index contributed by atoms with van der Waals surface area (Å²) in [5, 5.41) is 0. The number of hydrogen-bond donors (Lipinski definition) is 1. The number of carbonyl (C=O) groups is 1. The molecule has 0 spiro atoms. The van der Waals surface area contributed by atoms with Crippen LogP contribution in [-0.2, 0) is 0 Å². The molecule has 0 saturated heterocycles. The molecular formula is C11H11BrFNO. The fraction of sp³-hybridized carbons (Fsp3) is 0.364. The molecule has 0 bridgehead atoms. The number of benzene rings is 1. The van der Waals surface area contributed by atoms with E-state index in [1.165, 1.54) is 12.1 Å². The van der Waals surface area contributed by atoms with E-state index in [1.807, 2.05) is 0 Å². The Hall–Kier alpha value is -0.740. The number of hydrogen-bond acceptors (Lipinski definition) is 2. The van der Waals surface area contributed by atoms with Gasteiger partial charge in [-0.1, -0.05) is 15.9 Å². The fourth-order valence-corrected chi connectivity index (χ4v) is 2.14. The van der Waals surface area contributed by atoms with Crippen LogP contribution < -0.4 is 5.73 Å². The predicted octanol–water partition coefficient (Wildman–Crippen LogP) is 2.51. The minimum absolute atomic E-state index is 0.0937. The molecule has 0 aliphatic heterocycles. The molecule has 0 atom stereocenters. The molecule has 1 aliphatic rings. The van der Waals surface area contributed by atoms with E-state index in [1.54, 1.807) is 6.07 Å². The summed E-state index contributed by atoms with van der Waals surface area (Å²) >= 11 is 3.22. The van der Waals surface area contributed by atoms with Gasteiger partial charge >= 0.3 is 0 Å². The summed E-state index contributed by atoms with van der Waals surface area (Å²) < 4.78 is 14.1. The Balaban J connectivity index is 2.22. The van der Waals surface area contributed by atoms with Crippen molar-refractivity contribution in [3.63, 3.8) is 0 Å². The van der Waals surface area contributed by atoms with Crippen molar-refractivity contribution >= 4 is 21.7 Å². The van der Waals surface area contributed by atoms with E-state index < -0.39 is 5.82 Å². The Morgan fingerprint density at radius 2 is 2.13 bits per heavy atom. The van der Waals surface area contributed by atoms with Crippen LogP contribution in [0.25, 0.3) is 0 Å². The summed E-state index contributed by atoms with van der Waals surface area (Å²) in [4.78, 5) is 11.8. The average molecular weight is 272 g/mol. The molecule has 1 fully saturated rings. The molecule has 1 aromatic carbocycles. The highest BCUT2D eigenvalue weighted by Crippen LogP contribution is 2.30. The fourth-order valence-electron chi connectivity index (χ4n) is 1.78. The quantitative estimate of drug-likeness (QED) is 0.840. The van der Waals surface area contributed by atoms with Crippen molar-refractivity contribution in [3.05, 3.63) is 34.1 Å². The van der Waals surface area contributed by atoms with Gasteiger partial charge in [-0.3, -0.25) is 4.79 Å². The zero-order chi connectivity index (χ0) is 11.0. The number of ketones is 1. The first kappa shape index (κ1) is 10.8. The summed E-state index contributed by atoms with van der Waals surface area (Å²) in [5.41, 5.74) is 5.77. The van der Waals surface area contributed by atoms with Crippen LogP contribution in [-0.4, -0.2) is 11.8 Å². The van der Waals surface area contributed by atoms with Crippen LogP contribution in [0.4, 0.5) is 4.39 Å². The summed E-state index contributed by atoms with van der Waals surface area (Å²) in [7, 11) is 0. The van der Waals surface area contributed by atoms with E-state index in [-0.39, 0.29) is 23.3 Å². The monoisotopic (exact) mass is 271 g/mol. The van der Waals surface area contributed by atoms with Crippen molar-refractivity contribution in [1.29, 1.82) is 0 Å². The molecule has 2 rings (SSSR count). The van der Waals surface area contributed by atoms with Crippen LogP contribution in [0.3, 0.4) is 0 Å². The SMILES string of the molecule is NC1CC(C(=O)c2cc(Br)ccc2F)C1. The topological polar surface area (TPSA) is 43.1 Å². The number of Topliss-reactive ketones (excluding diaryl/α,β-unsaturated/α-hetero) is 1. The second kappa shape index (κ2) is 4.02. The van der Waals surface area contributed by atoms with E-state index in [0.717, 1.165) is 4.47 Å². The van der Waals surface area contributed by atoms with Crippen LogP contribution in [0.2, 0.25) is 0 Å². The maximum Gasteiger partial charge on any atom is 0.169 e. The van der Waals surface area contributed by atoms with Gasteiger partial charge in [0, 0.05) is 16.4 Å². The van der Waals surface area contributed by atoms with Crippen molar-refractivity contribution in [2.24, 2.45) is 11.7 Å². The molecule has 0 heterocycles. The van der Waals surface area contributed by atoms with E-state index in [4.69, 9.17) is 5.73 Å². The van der Waals surface area contributed by atoms with E-state index in [9.17, 15) is 9.18 Å². The molecule has 15 heavy (non-hydrogen) atoms. The number of halogens is 2. The minimum atomic E-state index is -0.455. The van der Waals surface area contributed by atoms with Crippen LogP contribution in [0.5, 0.6) is 0 Å². The number of nitrogens with two attached hydrogens (primary N) is 1. The third-order valence-corrected chi connectivity index (χ3v) is 3.23. The largest absolute Gasteiger partial charge is 0.328 e. The summed E-state index contributed by atoms with van der Waals surface area (Å²) in [5.74, 6) is -0.678. The van der Waals surface area contributed by atoms with Crippen LogP contribution >= 0.6 is 15.9 Å². The van der Waals surface area contributed by atoms with Gasteiger partial charge in [0.1, 0.15) is 5.82 Å². The summed E-state index contributed by atoms with van der Waals surface area (Å²) in [6.07, 6.45) is 1.34. The van der Waals surface area contributed by atoms with Gasteiger partial charge in [0.05, 0.1) is 5.56 Å². The highest BCUT2D eigenvalue weighted by atomic mass is 79.9. The van der Waals surface area contributed by atoms with Gasteiger partial charge in [-0.25, -0.2) is 4.39 Å². The van der Waals surface area contributed by atoms with Crippen LogP contribution in [0, 0.1) is 11.7 Å². The lowest BCUT2D eigenvalue weighted by Crippen LogP contribution is -2.40. The molecule has 0 unspecified atom stereocenters. The molecule has 1 aliphatic carbocycles. The summed E-state index contributed by atoms with van der Waals surface area (Å²) in [6.45, 7) is 0. The lowest BCUT2D eigenvalue weighted by atomic mass is 9.76. The minimum Gasteiger partial charge on any atom is -0.328 e. The Labute approximate surface area is 95.8 Å². The van der Waals surface area contributed by atoms with Crippen molar-refractivity contribution in [2.45, 2.75) is 18.9 Å². The normalized spacial score (nSPS) is 24.7. The molecule has 2 N–H and O–H groups in total. The number of carbonyl (C=O) groups excluding carboxylic acids is 1. The molecule has 0 radical (unpaired) electrons. The highest BCUT2D eigenvalue weighted by Gasteiger charge is 2.33. The first-order chi connectivity index (χ1) is 7.08. The first-order valence-corrected chi connectivity index (χ1v) is 5.62. The Morgan fingerprint density at radius 1 is 1.47 bits per heavy atom. The van der Waals surface area contributed by atoms with Gasteiger partial charge in [0.2, 0.25) is 0 Å². The Morgan fingerprint density at radius 3 is 2.73 bits per heavy atom. The second-order valence-electron chi connectivity index (χ2n) is 3.92. The van der Waals surface area contributed by atoms with Crippen molar-refractivity contribution in [2.75, 3.05) is 0 Å². The zero-order valence-electron chi connectivity index (χ0n) is 8.04. The lowest BCUT2D eigenvalue weighted by molar-refractivity contribution is 0.0828. The molecule has 80 valence electrons. The highest BCUT2D eigenvalue weighted by molar-refractivity contribution is 9.10.